The highest BCUT2D eigenvalue weighted by molar-refractivity contribution is 9.10. The van der Waals surface area contributed by atoms with Gasteiger partial charge in [0.25, 0.3) is 0 Å². The van der Waals surface area contributed by atoms with Gasteiger partial charge in [-0.1, -0.05) is 47.8 Å². The van der Waals surface area contributed by atoms with Gasteiger partial charge in [0.05, 0.1) is 5.56 Å². The number of unbranched alkanes of at least 4 members (excludes halogenated alkanes) is 2. The van der Waals surface area contributed by atoms with Crippen LogP contribution in [0.25, 0.3) is 22.8 Å². The lowest BCUT2D eigenvalue weighted by molar-refractivity contribution is 0.714. The van der Waals surface area contributed by atoms with Crippen LogP contribution in [0.3, 0.4) is 0 Å². The van der Waals surface area contributed by atoms with Crippen LogP contribution in [0.2, 0.25) is 0 Å². The van der Waals surface area contributed by atoms with Gasteiger partial charge in [0.2, 0.25) is 0 Å². The van der Waals surface area contributed by atoms with Crippen molar-refractivity contribution in [2.75, 3.05) is 0 Å². The van der Waals surface area contributed by atoms with Crippen LogP contribution in [0, 0.1) is 0 Å². The average molecular weight is 383 g/mol. The fourth-order valence-corrected chi connectivity index (χ4v) is 2.67. The Bertz CT molecular complexity index is 768. The van der Waals surface area contributed by atoms with Crippen LogP contribution in [0.1, 0.15) is 31.7 Å². The highest BCUT2D eigenvalue weighted by Gasteiger charge is 2.05. The largest absolute Gasteiger partial charge is 0.236 e. The molecule has 0 saturated heterocycles. The molecule has 0 saturated carbocycles. The number of rotatable bonds is 6. The van der Waals surface area contributed by atoms with E-state index in [0.29, 0.717) is 11.6 Å². The van der Waals surface area contributed by atoms with E-state index in [4.69, 9.17) is 0 Å². The SMILES string of the molecule is CCCCCc1cnc(-c2cnc(-c3ccc(Br)cc3)nc2)nc1. The fourth-order valence-electron chi connectivity index (χ4n) is 2.40. The molecule has 5 heteroatoms. The lowest BCUT2D eigenvalue weighted by Crippen LogP contribution is -1.95. The molecule has 0 radical (unpaired) electrons. The molecule has 122 valence electrons. The minimum atomic E-state index is 0.664. The van der Waals surface area contributed by atoms with Crippen LogP contribution < -0.4 is 0 Å². The molecule has 0 bridgehead atoms. The molecule has 0 aliphatic rings. The molecule has 0 aliphatic heterocycles. The first kappa shape index (κ1) is 16.7. The summed E-state index contributed by atoms with van der Waals surface area (Å²) in [7, 11) is 0. The summed E-state index contributed by atoms with van der Waals surface area (Å²) in [6.07, 6.45) is 12.0. The fraction of sp³-hybridized carbons (Fsp3) is 0.263. The smallest absolute Gasteiger partial charge is 0.162 e. The first-order valence-electron chi connectivity index (χ1n) is 8.15. The van der Waals surface area contributed by atoms with Crippen molar-refractivity contribution in [1.82, 2.24) is 19.9 Å². The van der Waals surface area contributed by atoms with Gasteiger partial charge in [0.15, 0.2) is 11.6 Å². The van der Waals surface area contributed by atoms with Crippen molar-refractivity contribution in [2.45, 2.75) is 32.6 Å². The molecule has 3 rings (SSSR count). The maximum Gasteiger partial charge on any atom is 0.162 e. The molecule has 0 spiro atoms. The normalized spacial score (nSPS) is 10.8. The molecular formula is C19H19BrN4. The van der Waals surface area contributed by atoms with E-state index in [0.717, 1.165) is 22.0 Å². The monoisotopic (exact) mass is 382 g/mol. The van der Waals surface area contributed by atoms with Crippen LogP contribution in [0.15, 0.2) is 53.5 Å². The van der Waals surface area contributed by atoms with E-state index in [9.17, 15) is 0 Å². The number of hydrogen-bond acceptors (Lipinski definition) is 4. The third-order valence-electron chi connectivity index (χ3n) is 3.79. The number of hydrogen-bond donors (Lipinski definition) is 0. The summed E-state index contributed by atoms with van der Waals surface area (Å²) in [6.45, 7) is 2.21. The molecule has 4 nitrogen and oxygen atoms in total. The first-order valence-corrected chi connectivity index (χ1v) is 8.95. The van der Waals surface area contributed by atoms with Crippen molar-refractivity contribution in [3.8, 4) is 22.8 Å². The van der Waals surface area contributed by atoms with Crippen LogP contribution >= 0.6 is 15.9 Å². The summed E-state index contributed by atoms with van der Waals surface area (Å²) < 4.78 is 1.04. The summed E-state index contributed by atoms with van der Waals surface area (Å²) in [4.78, 5) is 17.8. The van der Waals surface area contributed by atoms with Crippen molar-refractivity contribution in [3.05, 3.63) is 59.1 Å². The Morgan fingerprint density at radius 3 is 1.96 bits per heavy atom. The van der Waals surface area contributed by atoms with Crippen LogP contribution in [0.4, 0.5) is 0 Å². The van der Waals surface area contributed by atoms with E-state index in [1.54, 1.807) is 12.4 Å². The quantitative estimate of drug-likeness (QED) is 0.556. The Labute approximate surface area is 150 Å². The van der Waals surface area contributed by atoms with E-state index >= 15 is 0 Å². The zero-order valence-corrected chi connectivity index (χ0v) is 15.2. The van der Waals surface area contributed by atoms with Gasteiger partial charge in [-0.05, 0) is 30.5 Å². The van der Waals surface area contributed by atoms with Crippen molar-refractivity contribution in [2.24, 2.45) is 0 Å². The topological polar surface area (TPSA) is 51.6 Å². The van der Waals surface area contributed by atoms with Crippen molar-refractivity contribution < 1.29 is 0 Å². The Balaban J connectivity index is 1.72. The maximum absolute atomic E-state index is 4.44. The summed E-state index contributed by atoms with van der Waals surface area (Å²) in [5.41, 5.74) is 2.99. The third-order valence-corrected chi connectivity index (χ3v) is 4.32. The Morgan fingerprint density at radius 1 is 0.750 bits per heavy atom. The molecule has 1 aromatic carbocycles. The number of nitrogens with zero attached hydrogens (tertiary/aromatic N) is 4. The Kier molecular flexibility index (Phi) is 5.64. The maximum atomic E-state index is 4.44. The second-order valence-electron chi connectivity index (χ2n) is 5.67. The number of aryl methyl sites for hydroxylation is 1. The highest BCUT2D eigenvalue weighted by atomic mass is 79.9. The number of benzene rings is 1. The molecule has 0 unspecified atom stereocenters. The van der Waals surface area contributed by atoms with Gasteiger partial charge in [-0.15, -0.1) is 0 Å². The number of halogens is 1. The first-order chi connectivity index (χ1) is 11.8. The second kappa shape index (κ2) is 8.11. The minimum Gasteiger partial charge on any atom is -0.236 e. The molecular weight excluding hydrogens is 364 g/mol. The summed E-state index contributed by atoms with van der Waals surface area (Å²) in [5.74, 6) is 1.36. The van der Waals surface area contributed by atoms with Crippen molar-refractivity contribution >= 4 is 15.9 Å². The van der Waals surface area contributed by atoms with Gasteiger partial charge in [-0.25, -0.2) is 19.9 Å². The van der Waals surface area contributed by atoms with E-state index in [2.05, 4.69) is 42.8 Å². The van der Waals surface area contributed by atoms with E-state index in [1.165, 1.54) is 24.8 Å². The molecule has 0 atom stereocenters. The zero-order valence-electron chi connectivity index (χ0n) is 13.6. The van der Waals surface area contributed by atoms with E-state index in [1.807, 2.05) is 36.7 Å². The predicted octanol–water partition coefficient (Wildman–Crippen LogP) is 5.10. The van der Waals surface area contributed by atoms with Crippen LogP contribution in [-0.2, 0) is 6.42 Å². The summed E-state index contributed by atoms with van der Waals surface area (Å²) >= 11 is 3.43. The van der Waals surface area contributed by atoms with Gasteiger partial charge in [-0.2, -0.15) is 0 Å². The van der Waals surface area contributed by atoms with Crippen molar-refractivity contribution in [1.29, 1.82) is 0 Å². The van der Waals surface area contributed by atoms with Gasteiger partial charge < -0.3 is 0 Å². The molecule has 0 amide bonds. The average Bonchev–Trinajstić information content (AvgIpc) is 2.63. The highest BCUT2D eigenvalue weighted by Crippen LogP contribution is 2.20. The van der Waals surface area contributed by atoms with Crippen molar-refractivity contribution in [3.63, 3.8) is 0 Å². The number of aromatic nitrogens is 4. The standard InChI is InChI=1S/C19H19BrN4/c1-2-3-4-5-14-10-21-19(22-11-14)16-12-23-18(24-13-16)15-6-8-17(20)9-7-15/h6-13H,2-5H2,1H3. The third kappa shape index (κ3) is 4.23. The predicted molar refractivity (Wildman–Crippen MR) is 99.4 cm³/mol. The Hall–Kier alpha value is -2.14. The lowest BCUT2D eigenvalue weighted by atomic mass is 10.1. The molecule has 3 aromatic rings. The molecule has 2 aromatic heterocycles. The second-order valence-corrected chi connectivity index (χ2v) is 6.59. The Morgan fingerprint density at radius 2 is 1.33 bits per heavy atom. The van der Waals surface area contributed by atoms with Gasteiger partial charge in [0.1, 0.15) is 0 Å². The van der Waals surface area contributed by atoms with Crippen LogP contribution in [0.5, 0.6) is 0 Å². The lowest BCUT2D eigenvalue weighted by Gasteiger charge is -2.04. The molecule has 0 fully saturated rings. The molecule has 0 N–H and O–H groups in total. The van der Waals surface area contributed by atoms with Gasteiger partial charge >= 0.3 is 0 Å². The molecule has 24 heavy (non-hydrogen) atoms. The molecule has 2 heterocycles. The van der Waals surface area contributed by atoms with E-state index < -0.39 is 0 Å². The summed E-state index contributed by atoms with van der Waals surface area (Å²) in [6, 6.07) is 7.93. The summed E-state index contributed by atoms with van der Waals surface area (Å²) in [5, 5.41) is 0. The van der Waals surface area contributed by atoms with Crippen LogP contribution in [-0.4, -0.2) is 19.9 Å². The molecule has 0 aliphatic carbocycles. The van der Waals surface area contributed by atoms with Gasteiger partial charge in [-0.3, -0.25) is 0 Å². The minimum absolute atomic E-state index is 0.664. The van der Waals surface area contributed by atoms with Gasteiger partial charge in [0, 0.05) is 34.8 Å². The van der Waals surface area contributed by atoms with E-state index in [-0.39, 0.29) is 0 Å². The zero-order chi connectivity index (χ0) is 16.8.